The van der Waals surface area contributed by atoms with Crippen LogP contribution in [0.25, 0.3) is 28.2 Å². The Labute approximate surface area is 167 Å². The maximum absolute atomic E-state index is 12.3. The second-order valence-corrected chi connectivity index (χ2v) is 6.70. The first-order valence-corrected chi connectivity index (χ1v) is 9.26. The minimum absolute atomic E-state index is 0.174. The number of hydrogen-bond donors (Lipinski definition) is 2. The number of nitrogens with zero attached hydrogens (tertiary/aromatic N) is 1. The Bertz CT molecular complexity index is 1250. The summed E-state index contributed by atoms with van der Waals surface area (Å²) < 4.78 is 5.74. The average Bonchev–Trinajstić information content (AvgIpc) is 3.33. The molecule has 5 heteroatoms. The molecule has 2 N–H and O–H groups in total. The van der Waals surface area contributed by atoms with Gasteiger partial charge in [-0.3, -0.25) is 4.79 Å². The summed E-state index contributed by atoms with van der Waals surface area (Å²) in [7, 11) is 0. The molecule has 5 nitrogen and oxygen atoms in total. The Morgan fingerprint density at radius 3 is 2.55 bits per heavy atom. The molecule has 0 bridgehead atoms. The third-order valence-corrected chi connectivity index (χ3v) is 4.75. The lowest BCUT2D eigenvalue weighted by Crippen LogP contribution is -1.99. The van der Waals surface area contributed by atoms with Crippen molar-refractivity contribution in [1.29, 1.82) is 0 Å². The molecule has 140 valence electrons. The van der Waals surface area contributed by atoms with Crippen LogP contribution in [-0.2, 0) is 9.53 Å². The zero-order valence-corrected chi connectivity index (χ0v) is 15.4. The largest absolute Gasteiger partial charge is 0.437 e. The van der Waals surface area contributed by atoms with E-state index in [4.69, 9.17) is 4.74 Å². The molecule has 1 aliphatic heterocycles. The van der Waals surface area contributed by atoms with Crippen LogP contribution in [0.2, 0.25) is 0 Å². The number of aromatic nitrogens is 2. The lowest BCUT2D eigenvalue weighted by Gasteiger charge is -2.09. The molecule has 2 aromatic carbocycles. The first-order valence-electron chi connectivity index (χ1n) is 9.26. The Balaban J connectivity index is 1.32. The summed E-state index contributed by atoms with van der Waals surface area (Å²) in [6, 6.07) is 22.0. The van der Waals surface area contributed by atoms with Gasteiger partial charge in [0.1, 0.15) is 5.65 Å². The van der Waals surface area contributed by atoms with Gasteiger partial charge in [-0.2, -0.15) is 0 Å². The normalized spacial score (nSPS) is 14.8. The molecule has 4 aromatic rings. The van der Waals surface area contributed by atoms with Gasteiger partial charge in [-0.1, -0.05) is 42.5 Å². The zero-order chi connectivity index (χ0) is 19.6. The van der Waals surface area contributed by atoms with E-state index >= 15 is 0 Å². The van der Waals surface area contributed by atoms with E-state index in [1.54, 1.807) is 12.3 Å². The van der Waals surface area contributed by atoms with Crippen LogP contribution in [-0.4, -0.2) is 15.8 Å². The number of nitrogens with one attached hydrogen (secondary N) is 2. The van der Waals surface area contributed by atoms with Crippen molar-refractivity contribution in [2.75, 3.05) is 5.32 Å². The van der Waals surface area contributed by atoms with Crippen molar-refractivity contribution in [2.45, 2.75) is 0 Å². The number of allylic oxidation sites excluding steroid dienone is 1. The van der Waals surface area contributed by atoms with E-state index in [9.17, 15) is 4.79 Å². The van der Waals surface area contributed by atoms with Crippen LogP contribution in [0.15, 0.2) is 96.8 Å². The molecule has 3 heterocycles. The highest BCUT2D eigenvalue weighted by atomic mass is 16.5. The van der Waals surface area contributed by atoms with Gasteiger partial charge in [-0.15, -0.1) is 0 Å². The number of anilines is 1. The van der Waals surface area contributed by atoms with Crippen LogP contribution < -0.4 is 5.32 Å². The Kier molecular flexibility index (Phi) is 4.18. The molecule has 0 radical (unpaired) electrons. The number of carbonyl (C=O) groups is 1. The van der Waals surface area contributed by atoms with Crippen LogP contribution in [0.4, 0.5) is 5.69 Å². The van der Waals surface area contributed by atoms with Crippen LogP contribution >= 0.6 is 0 Å². The monoisotopic (exact) mass is 379 g/mol. The third kappa shape index (κ3) is 3.41. The number of rotatable bonds is 4. The van der Waals surface area contributed by atoms with Crippen LogP contribution in [0.5, 0.6) is 0 Å². The van der Waals surface area contributed by atoms with Gasteiger partial charge in [0.15, 0.2) is 5.76 Å². The predicted molar refractivity (Wildman–Crippen MR) is 114 cm³/mol. The lowest BCUT2D eigenvalue weighted by molar-refractivity contribution is -0.112. The molecule has 1 aliphatic rings. The molecule has 0 fully saturated rings. The van der Waals surface area contributed by atoms with Gasteiger partial charge in [0, 0.05) is 29.0 Å². The number of carbonyl (C=O) groups excluding carboxylic acids is 1. The van der Waals surface area contributed by atoms with Gasteiger partial charge in [0.05, 0.1) is 6.08 Å². The molecule has 0 amide bonds. The molecule has 0 spiro atoms. The van der Waals surface area contributed by atoms with Gasteiger partial charge in [0.2, 0.25) is 11.7 Å². The van der Waals surface area contributed by atoms with Gasteiger partial charge < -0.3 is 15.0 Å². The molecule has 0 aliphatic carbocycles. The summed E-state index contributed by atoms with van der Waals surface area (Å²) in [5, 5.41) is 4.09. The molecule has 2 aromatic heterocycles. The molecular formula is C24H17N3O2. The highest BCUT2D eigenvalue weighted by molar-refractivity contribution is 6.09. The van der Waals surface area contributed by atoms with E-state index in [1.165, 1.54) is 6.08 Å². The van der Waals surface area contributed by atoms with E-state index in [0.29, 0.717) is 5.88 Å². The van der Waals surface area contributed by atoms with Crippen LogP contribution in [0.1, 0.15) is 5.56 Å². The first-order chi connectivity index (χ1) is 14.3. The molecular weight excluding hydrogens is 362 g/mol. The topological polar surface area (TPSA) is 67.0 Å². The van der Waals surface area contributed by atoms with Crippen molar-refractivity contribution < 1.29 is 9.53 Å². The summed E-state index contributed by atoms with van der Waals surface area (Å²) in [6.07, 6.45) is 6.73. The summed E-state index contributed by atoms with van der Waals surface area (Å²) in [5.74, 6) is 0.511. The fourth-order valence-corrected chi connectivity index (χ4v) is 3.31. The molecule has 0 atom stereocenters. The van der Waals surface area contributed by atoms with Crippen molar-refractivity contribution in [1.82, 2.24) is 9.97 Å². The van der Waals surface area contributed by atoms with Crippen molar-refractivity contribution in [2.24, 2.45) is 0 Å². The second kappa shape index (κ2) is 7.13. The van der Waals surface area contributed by atoms with Crippen molar-refractivity contribution in [3.8, 4) is 11.1 Å². The Morgan fingerprint density at radius 2 is 1.72 bits per heavy atom. The predicted octanol–water partition coefficient (Wildman–Crippen LogP) is 5.12. The maximum Gasteiger partial charge on any atom is 0.226 e. The minimum atomic E-state index is -0.174. The smallest absolute Gasteiger partial charge is 0.226 e. The number of pyridine rings is 1. The fourth-order valence-electron chi connectivity index (χ4n) is 3.31. The average molecular weight is 379 g/mol. The zero-order valence-electron chi connectivity index (χ0n) is 15.4. The van der Waals surface area contributed by atoms with Crippen molar-refractivity contribution in [3.63, 3.8) is 0 Å². The SMILES string of the molecule is O=C1C=C(Nc2ccc(-c3ccccc3)cc2)O/C1=C\c1c[nH]c2ncccc12. The van der Waals surface area contributed by atoms with E-state index in [2.05, 4.69) is 27.4 Å². The standard InChI is InChI=1S/C24H17N3O2/c28-21-14-23(27-19-10-8-17(9-11-19)16-5-2-1-3-6-16)29-22(21)13-18-15-26-24-20(18)7-4-12-25-24/h1-15,27H,(H,25,26)/b22-13-. The van der Waals surface area contributed by atoms with E-state index in [-0.39, 0.29) is 11.5 Å². The summed E-state index contributed by atoms with van der Waals surface area (Å²) in [4.78, 5) is 19.7. The van der Waals surface area contributed by atoms with Gasteiger partial charge >= 0.3 is 0 Å². The summed E-state index contributed by atoms with van der Waals surface area (Å²) >= 11 is 0. The Morgan fingerprint density at radius 1 is 0.931 bits per heavy atom. The number of ketones is 1. The van der Waals surface area contributed by atoms with E-state index < -0.39 is 0 Å². The summed E-state index contributed by atoms with van der Waals surface area (Å²) in [6.45, 7) is 0. The van der Waals surface area contributed by atoms with Gasteiger partial charge in [-0.05, 0) is 41.5 Å². The number of fused-ring (bicyclic) bond motifs is 1. The number of hydrogen-bond acceptors (Lipinski definition) is 4. The molecule has 29 heavy (non-hydrogen) atoms. The molecule has 0 saturated heterocycles. The number of benzene rings is 2. The molecule has 5 rings (SSSR count). The third-order valence-electron chi connectivity index (χ3n) is 4.75. The van der Waals surface area contributed by atoms with Gasteiger partial charge in [0.25, 0.3) is 0 Å². The number of aromatic amines is 1. The highest BCUT2D eigenvalue weighted by Gasteiger charge is 2.21. The van der Waals surface area contributed by atoms with E-state index in [0.717, 1.165) is 33.4 Å². The summed E-state index contributed by atoms with van der Waals surface area (Å²) in [5.41, 5.74) is 4.76. The van der Waals surface area contributed by atoms with Gasteiger partial charge in [-0.25, -0.2) is 4.98 Å². The Hall–Kier alpha value is -4.12. The molecule has 0 saturated carbocycles. The van der Waals surface area contributed by atoms with Crippen LogP contribution in [0, 0.1) is 0 Å². The minimum Gasteiger partial charge on any atom is -0.437 e. The highest BCUT2D eigenvalue weighted by Crippen LogP contribution is 2.26. The van der Waals surface area contributed by atoms with E-state index in [1.807, 2.05) is 60.8 Å². The van der Waals surface area contributed by atoms with Crippen molar-refractivity contribution in [3.05, 3.63) is 102 Å². The van der Waals surface area contributed by atoms with Crippen LogP contribution in [0.3, 0.4) is 0 Å². The second-order valence-electron chi connectivity index (χ2n) is 6.70. The lowest BCUT2D eigenvalue weighted by atomic mass is 10.1. The quantitative estimate of drug-likeness (QED) is 0.483. The van der Waals surface area contributed by atoms with Crippen molar-refractivity contribution >= 4 is 28.6 Å². The molecule has 0 unspecified atom stereocenters. The fraction of sp³-hybridized carbons (Fsp3) is 0. The maximum atomic E-state index is 12.3. The number of H-pyrrole nitrogens is 1. The first kappa shape index (κ1) is 17.0. The number of ether oxygens (including phenoxy) is 1.